The molecule has 0 saturated heterocycles. The quantitative estimate of drug-likeness (QED) is 0.472. The third-order valence-corrected chi connectivity index (χ3v) is 3.14. The summed E-state index contributed by atoms with van der Waals surface area (Å²) in [6.07, 6.45) is 4.98. The minimum absolute atomic E-state index is 0.0213. The summed E-state index contributed by atoms with van der Waals surface area (Å²) in [7, 11) is 0. The largest absolute Gasteiger partial charge is 0.481 e. The highest BCUT2D eigenvalue weighted by molar-refractivity contribution is 5.75. The van der Waals surface area contributed by atoms with Crippen LogP contribution in [0.2, 0.25) is 0 Å². The van der Waals surface area contributed by atoms with E-state index in [0.29, 0.717) is 32.4 Å². The van der Waals surface area contributed by atoms with Crippen LogP contribution in [0.1, 0.15) is 72.1 Å². The van der Waals surface area contributed by atoms with E-state index in [0.717, 1.165) is 25.7 Å². The molecule has 0 aromatic rings. The van der Waals surface area contributed by atoms with Crippen LogP contribution in [0.25, 0.3) is 0 Å². The Morgan fingerprint density at radius 2 is 1.38 bits per heavy atom. The second-order valence-corrected chi connectivity index (χ2v) is 6.79. The second-order valence-electron chi connectivity index (χ2n) is 6.79. The van der Waals surface area contributed by atoms with Crippen LogP contribution in [0.3, 0.4) is 0 Å². The third kappa shape index (κ3) is 16.6. The zero-order valence-electron chi connectivity index (χ0n) is 15.2. The first-order valence-electron chi connectivity index (χ1n) is 8.66. The summed E-state index contributed by atoms with van der Waals surface area (Å²) < 4.78 is 5.13. The van der Waals surface area contributed by atoms with Gasteiger partial charge in [-0.25, -0.2) is 4.79 Å². The summed E-state index contributed by atoms with van der Waals surface area (Å²) in [4.78, 5) is 33.2. The molecular formula is C17H32N2O5. The minimum Gasteiger partial charge on any atom is -0.481 e. The standard InChI is InChI=1S/C17H32N2O5/c1-17(2,3)24-16(23)19-13-9-5-4-8-12-18-14(20)10-6-7-11-15(21)22/h4-13H2,1-3H3,(H,18,20)(H,19,23)(H,21,22). The summed E-state index contributed by atoms with van der Waals surface area (Å²) in [6.45, 7) is 6.70. The predicted molar refractivity (Wildman–Crippen MR) is 91.8 cm³/mol. The van der Waals surface area contributed by atoms with Crippen LogP contribution < -0.4 is 10.6 Å². The minimum atomic E-state index is -0.823. The molecule has 0 bridgehead atoms. The van der Waals surface area contributed by atoms with Crippen molar-refractivity contribution >= 4 is 18.0 Å². The lowest BCUT2D eigenvalue weighted by Crippen LogP contribution is -2.33. The lowest BCUT2D eigenvalue weighted by Gasteiger charge is -2.19. The molecule has 7 heteroatoms. The van der Waals surface area contributed by atoms with E-state index in [-0.39, 0.29) is 12.3 Å². The molecule has 2 amide bonds. The maximum absolute atomic E-state index is 11.5. The first kappa shape index (κ1) is 22.2. The number of nitrogens with one attached hydrogen (secondary N) is 2. The van der Waals surface area contributed by atoms with Gasteiger partial charge in [-0.3, -0.25) is 9.59 Å². The molecule has 0 aliphatic carbocycles. The normalized spacial score (nSPS) is 11.0. The number of rotatable bonds is 12. The van der Waals surface area contributed by atoms with E-state index in [1.54, 1.807) is 0 Å². The fraction of sp³-hybridized carbons (Fsp3) is 0.824. The van der Waals surface area contributed by atoms with Gasteiger partial charge in [-0.05, 0) is 46.5 Å². The van der Waals surface area contributed by atoms with E-state index >= 15 is 0 Å². The Morgan fingerprint density at radius 3 is 1.92 bits per heavy atom. The van der Waals surface area contributed by atoms with Gasteiger partial charge >= 0.3 is 12.1 Å². The van der Waals surface area contributed by atoms with Crippen molar-refractivity contribution < 1.29 is 24.2 Å². The topological polar surface area (TPSA) is 105 Å². The smallest absolute Gasteiger partial charge is 0.407 e. The SMILES string of the molecule is CC(C)(C)OC(=O)NCCCCCCNC(=O)CCCCC(=O)O. The highest BCUT2D eigenvalue weighted by atomic mass is 16.6. The number of alkyl carbamates (subject to hydrolysis) is 1. The summed E-state index contributed by atoms with van der Waals surface area (Å²) in [6, 6.07) is 0. The summed E-state index contributed by atoms with van der Waals surface area (Å²) >= 11 is 0. The average molecular weight is 344 g/mol. The van der Waals surface area contributed by atoms with Crippen molar-refractivity contribution in [3.63, 3.8) is 0 Å². The number of carboxylic acids is 1. The van der Waals surface area contributed by atoms with Crippen LogP contribution >= 0.6 is 0 Å². The van der Waals surface area contributed by atoms with Gasteiger partial charge in [0.25, 0.3) is 0 Å². The average Bonchev–Trinajstić information content (AvgIpc) is 2.44. The van der Waals surface area contributed by atoms with Gasteiger partial charge in [0.1, 0.15) is 5.60 Å². The molecule has 0 spiro atoms. The predicted octanol–water partition coefficient (Wildman–Crippen LogP) is 2.83. The van der Waals surface area contributed by atoms with Gasteiger partial charge in [0.15, 0.2) is 0 Å². The van der Waals surface area contributed by atoms with Crippen LogP contribution in [0.15, 0.2) is 0 Å². The van der Waals surface area contributed by atoms with Crippen LogP contribution in [0.5, 0.6) is 0 Å². The molecule has 0 unspecified atom stereocenters. The third-order valence-electron chi connectivity index (χ3n) is 3.14. The molecule has 0 radical (unpaired) electrons. The number of hydrogen-bond acceptors (Lipinski definition) is 4. The second kappa shape index (κ2) is 12.6. The Hall–Kier alpha value is -1.79. The van der Waals surface area contributed by atoms with E-state index in [1.807, 2.05) is 20.8 Å². The number of carboxylic acid groups (broad SMARTS) is 1. The fourth-order valence-corrected chi connectivity index (χ4v) is 1.99. The molecule has 0 saturated carbocycles. The molecule has 0 aliphatic rings. The van der Waals surface area contributed by atoms with Crippen molar-refractivity contribution in [3.8, 4) is 0 Å². The van der Waals surface area contributed by atoms with Crippen molar-refractivity contribution in [2.45, 2.75) is 77.7 Å². The molecule has 0 aromatic carbocycles. The highest BCUT2D eigenvalue weighted by Gasteiger charge is 2.15. The van der Waals surface area contributed by atoms with Crippen LogP contribution in [0.4, 0.5) is 4.79 Å². The van der Waals surface area contributed by atoms with Crippen LogP contribution in [0, 0.1) is 0 Å². The number of aliphatic carboxylic acids is 1. The Balaban J connectivity index is 3.37. The van der Waals surface area contributed by atoms with Crippen molar-refractivity contribution in [1.82, 2.24) is 10.6 Å². The van der Waals surface area contributed by atoms with Gasteiger partial charge in [-0.15, -0.1) is 0 Å². The summed E-state index contributed by atoms with van der Waals surface area (Å²) in [5.74, 6) is -0.844. The summed E-state index contributed by atoms with van der Waals surface area (Å²) in [5.41, 5.74) is -0.476. The van der Waals surface area contributed by atoms with E-state index in [9.17, 15) is 14.4 Å². The molecule has 0 rings (SSSR count). The van der Waals surface area contributed by atoms with Gasteiger partial charge in [0.2, 0.25) is 5.91 Å². The van der Waals surface area contributed by atoms with Gasteiger partial charge in [-0.1, -0.05) is 12.8 Å². The fourth-order valence-electron chi connectivity index (χ4n) is 1.99. The van der Waals surface area contributed by atoms with Crippen molar-refractivity contribution in [2.24, 2.45) is 0 Å². The Bertz CT molecular complexity index is 391. The first-order chi connectivity index (χ1) is 11.2. The molecule has 24 heavy (non-hydrogen) atoms. The maximum atomic E-state index is 11.5. The van der Waals surface area contributed by atoms with E-state index in [4.69, 9.17) is 9.84 Å². The Labute approximate surface area is 144 Å². The van der Waals surface area contributed by atoms with E-state index in [2.05, 4.69) is 10.6 Å². The number of carbonyl (C=O) groups excluding carboxylic acids is 2. The van der Waals surface area contributed by atoms with Crippen molar-refractivity contribution in [2.75, 3.05) is 13.1 Å². The zero-order valence-corrected chi connectivity index (χ0v) is 15.2. The summed E-state index contributed by atoms with van der Waals surface area (Å²) in [5, 5.41) is 14.0. The van der Waals surface area contributed by atoms with Crippen LogP contribution in [-0.4, -0.2) is 41.8 Å². The van der Waals surface area contributed by atoms with Gasteiger partial charge in [0, 0.05) is 25.9 Å². The van der Waals surface area contributed by atoms with Crippen LogP contribution in [-0.2, 0) is 14.3 Å². The number of hydrogen-bond donors (Lipinski definition) is 3. The molecule has 140 valence electrons. The molecule has 7 nitrogen and oxygen atoms in total. The number of ether oxygens (including phenoxy) is 1. The lowest BCUT2D eigenvalue weighted by atomic mass is 10.1. The monoisotopic (exact) mass is 344 g/mol. The molecule has 3 N–H and O–H groups in total. The van der Waals surface area contributed by atoms with Gasteiger partial charge < -0.3 is 20.5 Å². The number of unbranched alkanes of at least 4 members (excludes halogenated alkanes) is 4. The molecular weight excluding hydrogens is 312 g/mol. The molecule has 0 aromatic heterocycles. The van der Waals surface area contributed by atoms with Gasteiger partial charge in [0.05, 0.1) is 0 Å². The maximum Gasteiger partial charge on any atom is 0.407 e. The number of amides is 2. The number of carbonyl (C=O) groups is 3. The van der Waals surface area contributed by atoms with E-state index in [1.165, 1.54) is 0 Å². The molecule has 0 fully saturated rings. The Kier molecular flexibility index (Phi) is 11.7. The zero-order chi connectivity index (χ0) is 18.4. The van der Waals surface area contributed by atoms with Gasteiger partial charge in [-0.2, -0.15) is 0 Å². The first-order valence-corrected chi connectivity index (χ1v) is 8.66. The van der Waals surface area contributed by atoms with E-state index < -0.39 is 17.7 Å². The highest BCUT2D eigenvalue weighted by Crippen LogP contribution is 2.06. The molecule has 0 heterocycles. The molecule has 0 atom stereocenters. The van der Waals surface area contributed by atoms with Crippen molar-refractivity contribution in [3.05, 3.63) is 0 Å². The Morgan fingerprint density at radius 1 is 0.833 bits per heavy atom. The molecule has 0 aliphatic heterocycles. The van der Waals surface area contributed by atoms with Crippen molar-refractivity contribution in [1.29, 1.82) is 0 Å². The lowest BCUT2D eigenvalue weighted by molar-refractivity contribution is -0.137.